The van der Waals surface area contributed by atoms with Crippen LogP contribution in [0.2, 0.25) is 5.02 Å². The van der Waals surface area contributed by atoms with Gasteiger partial charge in [-0.25, -0.2) is 0 Å². The highest BCUT2D eigenvalue weighted by Gasteiger charge is 2.07. The molecule has 0 spiro atoms. The Kier molecular flexibility index (Phi) is 5.70. The fourth-order valence-corrected chi connectivity index (χ4v) is 2.52. The lowest BCUT2D eigenvalue weighted by Crippen LogP contribution is -2.25. The van der Waals surface area contributed by atoms with E-state index in [1.54, 1.807) is 12.1 Å². The van der Waals surface area contributed by atoms with E-state index in [9.17, 15) is 4.79 Å². The summed E-state index contributed by atoms with van der Waals surface area (Å²) in [5.74, 6) is 1.26. The second-order valence-corrected chi connectivity index (χ2v) is 6.01. The smallest absolute Gasteiger partial charge is 0.251 e. The van der Waals surface area contributed by atoms with Crippen LogP contribution in [0.25, 0.3) is 0 Å². The summed E-state index contributed by atoms with van der Waals surface area (Å²) in [5.41, 5.74) is 1.70. The van der Waals surface area contributed by atoms with E-state index in [1.807, 2.05) is 66.7 Å². The third kappa shape index (κ3) is 5.10. The van der Waals surface area contributed by atoms with Crippen molar-refractivity contribution in [2.24, 2.45) is 0 Å². The number of hydrogen-bond donors (Lipinski definition) is 1. The van der Waals surface area contributed by atoms with Crippen molar-refractivity contribution >= 4 is 17.5 Å². The van der Waals surface area contributed by atoms with Crippen LogP contribution in [-0.2, 0) is 6.42 Å². The number of benzene rings is 3. The van der Waals surface area contributed by atoms with E-state index in [0.717, 1.165) is 17.7 Å². The van der Waals surface area contributed by atoms with E-state index in [1.165, 1.54) is 0 Å². The molecule has 0 bridgehead atoms. The second kappa shape index (κ2) is 8.36. The SMILES string of the molecule is O=C(NCCc1ccc(Cl)cc1)c1cccc(Oc2ccccc2)c1. The number of carbonyl (C=O) groups is 1. The van der Waals surface area contributed by atoms with Gasteiger partial charge in [0.1, 0.15) is 11.5 Å². The summed E-state index contributed by atoms with van der Waals surface area (Å²) in [6.07, 6.45) is 0.753. The molecule has 126 valence electrons. The zero-order valence-electron chi connectivity index (χ0n) is 13.6. The van der Waals surface area contributed by atoms with Gasteiger partial charge in [0, 0.05) is 17.1 Å². The Bertz CT molecular complexity index is 832. The van der Waals surface area contributed by atoms with Gasteiger partial charge in [-0.1, -0.05) is 48.0 Å². The summed E-state index contributed by atoms with van der Waals surface area (Å²) in [4.78, 5) is 12.3. The molecule has 0 aromatic heterocycles. The summed E-state index contributed by atoms with van der Waals surface area (Å²) in [6.45, 7) is 0.560. The van der Waals surface area contributed by atoms with Gasteiger partial charge in [0.15, 0.2) is 0 Å². The minimum Gasteiger partial charge on any atom is -0.457 e. The number of rotatable bonds is 6. The standard InChI is InChI=1S/C21H18ClNO2/c22-18-11-9-16(10-12-18)13-14-23-21(24)17-5-4-8-20(15-17)25-19-6-2-1-3-7-19/h1-12,15H,13-14H2,(H,23,24). The molecule has 0 atom stereocenters. The topological polar surface area (TPSA) is 38.3 Å². The fourth-order valence-electron chi connectivity index (χ4n) is 2.40. The summed E-state index contributed by atoms with van der Waals surface area (Å²) in [7, 11) is 0. The molecule has 0 heterocycles. The van der Waals surface area contributed by atoms with Gasteiger partial charge >= 0.3 is 0 Å². The van der Waals surface area contributed by atoms with Crippen molar-refractivity contribution in [3.8, 4) is 11.5 Å². The second-order valence-electron chi connectivity index (χ2n) is 5.58. The first-order valence-corrected chi connectivity index (χ1v) is 8.44. The number of halogens is 1. The lowest BCUT2D eigenvalue weighted by molar-refractivity contribution is 0.0954. The molecule has 0 aliphatic heterocycles. The average Bonchev–Trinajstić information content (AvgIpc) is 2.64. The van der Waals surface area contributed by atoms with E-state index in [0.29, 0.717) is 22.9 Å². The minimum atomic E-state index is -0.118. The fraction of sp³-hybridized carbons (Fsp3) is 0.0952. The number of ether oxygens (including phenoxy) is 1. The van der Waals surface area contributed by atoms with Gasteiger partial charge in [-0.05, 0) is 54.4 Å². The summed E-state index contributed by atoms with van der Waals surface area (Å²) >= 11 is 5.87. The zero-order chi connectivity index (χ0) is 17.5. The maximum atomic E-state index is 12.3. The lowest BCUT2D eigenvalue weighted by Gasteiger charge is -2.08. The van der Waals surface area contributed by atoms with Crippen LogP contribution in [0.5, 0.6) is 11.5 Å². The molecule has 0 saturated heterocycles. The van der Waals surface area contributed by atoms with E-state index in [2.05, 4.69) is 5.32 Å². The molecule has 0 radical (unpaired) electrons. The first-order chi connectivity index (χ1) is 12.2. The van der Waals surface area contributed by atoms with Gasteiger partial charge in [0.05, 0.1) is 0 Å². The van der Waals surface area contributed by atoms with Crippen molar-refractivity contribution in [2.75, 3.05) is 6.54 Å². The molecule has 3 aromatic rings. The normalized spacial score (nSPS) is 10.3. The van der Waals surface area contributed by atoms with Gasteiger partial charge in [0.25, 0.3) is 5.91 Å². The number of carbonyl (C=O) groups excluding carboxylic acids is 1. The Morgan fingerprint density at radius 2 is 1.60 bits per heavy atom. The summed E-state index contributed by atoms with van der Waals surface area (Å²) in [6, 6.07) is 24.3. The van der Waals surface area contributed by atoms with E-state index in [-0.39, 0.29) is 5.91 Å². The van der Waals surface area contributed by atoms with Crippen LogP contribution in [0.15, 0.2) is 78.9 Å². The summed E-state index contributed by atoms with van der Waals surface area (Å²) in [5, 5.41) is 3.64. The first-order valence-electron chi connectivity index (χ1n) is 8.06. The molecule has 0 unspecified atom stereocenters. The number of para-hydroxylation sites is 1. The van der Waals surface area contributed by atoms with Gasteiger partial charge in [-0.3, -0.25) is 4.79 Å². The molecule has 25 heavy (non-hydrogen) atoms. The molecule has 0 fully saturated rings. The first kappa shape index (κ1) is 17.1. The zero-order valence-corrected chi connectivity index (χ0v) is 14.4. The predicted molar refractivity (Wildman–Crippen MR) is 100 cm³/mol. The Morgan fingerprint density at radius 1 is 0.880 bits per heavy atom. The maximum Gasteiger partial charge on any atom is 0.251 e. The van der Waals surface area contributed by atoms with Gasteiger partial charge in [0.2, 0.25) is 0 Å². The van der Waals surface area contributed by atoms with Gasteiger partial charge in [-0.2, -0.15) is 0 Å². The summed E-state index contributed by atoms with van der Waals surface area (Å²) < 4.78 is 5.76. The Morgan fingerprint density at radius 3 is 2.36 bits per heavy atom. The molecule has 1 amide bonds. The molecule has 3 rings (SSSR count). The Labute approximate surface area is 152 Å². The average molecular weight is 352 g/mol. The van der Waals surface area contributed by atoms with Crippen LogP contribution in [0.1, 0.15) is 15.9 Å². The molecular weight excluding hydrogens is 334 g/mol. The number of hydrogen-bond acceptors (Lipinski definition) is 2. The van der Waals surface area contributed by atoms with Gasteiger partial charge < -0.3 is 10.1 Å². The third-order valence-corrected chi connectivity index (χ3v) is 3.94. The molecule has 3 nitrogen and oxygen atoms in total. The van der Waals surface area contributed by atoms with Crippen LogP contribution in [0.3, 0.4) is 0 Å². The highest BCUT2D eigenvalue weighted by molar-refractivity contribution is 6.30. The predicted octanol–water partition coefficient (Wildman–Crippen LogP) is 5.10. The van der Waals surface area contributed by atoms with E-state index < -0.39 is 0 Å². The van der Waals surface area contributed by atoms with Crippen LogP contribution in [0.4, 0.5) is 0 Å². The van der Waals surface area contributed by atoms with Crippen molar-refractivity contribution in [1.82, 2.24) is 5.32 Å². The van der Waals surface area contributed by atoms with Crippen molar-refractivity contribution in [2.45, 2.75) is 6.42 Å². The van der Waals surface area contributed by atoms with E-state index >= 15 is 0 Å². The van der Waals surface area contributed by atoms with Crippen molar-refractivity contribution < 1.29 is 9.53 Å². The maximum absolute atomic E-state index is 12.3. The van der Waals surface area contributed by atoms with Crippen LogP contribution < -0.4 is 10.1 Å². The number of nitrogens with one attached hydrogen (secondary N) is 1. The highest BCUT2D eigenvalue weighted by atomic mass is 35.5. The molecule has 0 aliphatic rings. The molecule has 0 saturated carbocycles. The molecule has 4 heteroatoms. The van der Waals surface area contributed by atoms with Crippen LogP contribution in [-0.4, -0.2) is 12.5 Å². The van der Waals surface area contributed by atoms with E-state index in [4.69, 9.17) is 16.3 Å². The minimum absolute atomic E-state index is 0.118. The molecule has 3 aromatic carbocycles. The van der Waals surface area contributed by atoms with Crippen LogP contribution in [0, 0.1) is 0 Å². The Balaban J connectivity index is 1.56. The van der Waals surface area contributed by atoms with Crippen molar-refractivity contribution in [1.29, 1.82) is 0 Å². The number of amides is 1. The third-order valence-electron chi connectivity index (χ3n) is 3.69. The monoisotopic (exact) mass is 351 g/mol. The van der Waals surface area contributed by atoms with Crippen molar-refractivity contribution in [3.05, 3.63) is 95.0 Å². The molecular formula is C21H18ClNO2. The largest absolute Gasteiger partial charge is 0.457 e. The quantitative estimate of drug-likeness (QED) is 0.670. The lowest BCUT2D eigenvalue weighted by atomic mass is 10.1. The molecule has 1 N–H and O–H groups in total. The Hall–Kier alpha value is -2.78. The van der Waals surface area contributed by atoms with Gasteiger partial charge in [-0.15, -0.1) is 0 Å². The van der Waals surface area contributed by atoms with Crippen LogP contribution >= 0.6 is 11.6 Å². The highest BCUT2D eigenvalue weighted by Crippen LogP contribution is 2.21. The molecule has 0 aliphatic carbocycles. The van der Waals surface area contributed by atoms with Crippen molar-refractivity contribution in [3.63, 3.8) is 0 Å².